The Labute approximate surface area is 66.5 Å². The monoisotopic (exact) mass is 167 g/mol. The fourth-order valence-electron chi connectivity index (χ4n) is 0.785. The van der Waals surface area contributed by atoms with Crippen LogP contribution in [-0.4, -0.2) is 25.6 Å². The fraction of sp³-hybridized carbons (Fsp3) is 0.200. The predicted molar refractivity (Wildman–Crippen MR) is 40.0 cm³/mol. The van der Waals surface area contributed by atoms with E-state index in [0.717, 1.165) is 10.6 Å². The summed E-state index contributed by atoms with van der Waals surface area (Å²) in [5.74, 6) is 0.685. The summed E-state index contributed by atoms with van der Waals surface area (Å²) in [6.45, 7) is 1.92. The van der Waals surface area contributed by atoms with E-state index < -0.39 is 0 Å². The second kappa shape index (κ2) is 2.39. The third kappa shape index (κ3) is 1.01. The first-order valence-electron chi connectivity index (χ1n) is 3.02. The number of rotatable bonds is 1. The summed E-state index contributed by atoms with van der Waals surface area (Å²) in [6, 6.07) is 0. The molecule has 0 saturated carbocycles. The molecule has 0 atom stereocenters. The number of nitrogens with zero attached hydrogens (tertiary/aromatic N) is 4. The molecule has 1 N–H and O–H groups in total. The maximum Gasteiger partial charge on any atom is 0.191 e. The first-order valence-corrected chi connectivity index (χ1v) is 3.90. The van der Waals surface area contributed by atoms with Gasteiger partial charge >= 0.3 is 0 Å². The molecule has 0 unspecified atom stereocenters. The quantitative estimate of drug-likeness (QED) is 0.676. The third-order valence-electron chi connectivity index (χ3n) is 1.31. The normalized spacial score (nSPS) is 10.3. The van der Waals surface area contributed by atoms with Crippen LogP contribution in [0.25, 0.3) is 10.7 Å². The van der Waals surface area contributed by atoms with E-state index in [-0.39, 0.29) is 0 Å². The summed E-state index contributed by atoms with van der Waals surface area (Å²) in [5, 5.41) is 13.4. The molecule has 0 radical (unpaired) electrons. The molecule has 0 aliphatic carbocycles. The van der Waals surface area contributed by atoms with Gasteiger partial charge in [-0.25, -0.2) is 10.1 Å². The lowest BCUT2D eigenvalue weighted by molar-refractivity contribution is 0.881. The van der Waals surface area contributed by atoms with E-state index in [1.54, 1.807) is 5.51 Å². The van der Waals surface area contributed by atoms with Crippen LogP contribution in [0, 0.1) is 6.92 Å². The Morgan fingerprint density at radius 1 is 1.55 bits per heavy atom. The van der Waals surface area contributed by atoms with Crippen LogP contribution < -0.4 is 0 Å². The van der Waals surface area contributed by atoms with E-state index in [2.05, 4.69) is 25.6 Å². The summed E-state index contributed by atoms with van der Waals surface area (Å²) < 4.78 is 0. The Morgan fingerprint density at radius 2 is 2.45 bits per heavy atom. The molecule has 0 saturated heterocycles. The average Bonchev–Trinajstić information content (AvgIpc) is 2.55. The van der Waals surface area contributed by atoms with Crippen LogP contribution in [0.1, 0.15) is 5.69 Å². The molecule has 0 bridgehead atoms. The van der Waals surface area contributed by atoms with E-state index in [1.807, 2.05) is 6.92 Å². The Hall–Kier alpha value is -1.30. The fourth-order valence-corrected chi connectivity index (χ4v) is 1.52. The number of hydrogen-bond acceptors (Lipinski definition) is 5. The Kier molecular flexibility index (Phi) is 1.39. The lowest BCUT2D eigenvalue weighted by Gasteiger charge is -1.86. The standard InChI is InChI=1S/C5H5N5S/c1-3-4(11-2-6-3)5-7-9-10-8-5/h2H,1H3,(H,7,8,9,10). The van der Waals surface area contributed by atoms with Crippen molar-refractivity contribution in [3.8, 4) is 10.7 Å². The molecule has 2 heterocycles. The smallest absolute Gasteiger partial charge is 0.191 e. The van der Waals surface area contributed by atoms with Gasteiger partial charge in [0.25, 0.3) is 0 Å². The van der Waals surface area contributed by atoms with Crippen LogP contribution in [0.5, 0.6) is 0 Å². The third-order valence-corrected chi connectivity index (χ3v) is 2.24. The molecule has 0 aromatic carbocycles. The number of aromatic amines is 1. The van der Waals surface area contributed by atoms with E-state index in [0.29, 0.717) is 5.82 Å². The van der Waals surface area contributed by atoms with Crippen molar-refractivity contribution in [1.29, 1.82) is 0 Å². The van der Waals surface area contributed by atoms with Crippen LogP contribution in [0.2, 0.25) is 0 Å². The van der Waals surface area contributed by atoms with Crippen molar-refractivity contribution in [3.05, 3.63) is 11.2 Å². The summed E-state index contributed by atoms with van der Waals surface area (Å²) >= 11 is 1.52. The number of nitrogens with one attached hydrogen (secondary N) is 1. The molecule has 56 valence electrons. The number of aromatic nitrogens is 5. The van der Waals surface area contributed by atoms with Crippen LogP contribution in [0.15, 0.2) is 5.51 Å². The van der Waals surface area contributed by atoms with Gasteiger partial charge in [0.05, 0.1) is 16.1 Å². The summed E-state index contributed by atoms with van der Waals surface area (Å²) in [4.78, 5) is 5.07. The van der Waals surface area contributed by atoms with Gasteiger partial charge in [-0.2, -0.15) is 0 Å². The second-order valence-corrected chi connectivity index (χ2v) is 2.87. The van der Waals surface area contributed by atoms with Gasteiger partial charge in [0.1, 0.15) is 0 Å². The minimum Gasteiger partial charge on any atom is -0.249 e. The maximum atomic E-state index is 4.08. The van der Waals surface area contributed by atoms with Gasteiger partial charge in [-0.1, -0.05) is 0 Å². The lowest BCUT2D eigenvalue weighted by Crippen LogP contribution is -1.79. The number of hydrogen-bond donors (Lipinski definition) is 1. The molecule has 11 heavy (non-hydrogen) atoms. The minimum absolute atomic E-state index is 0.685. The predicted octanol–water partition coefficient (Wildman–Crippen LogP) is 0.632. The Bertz CT molecular complexity index is 337. The average molecular weight is 167 g/mol. The van der Waals surface area contributed by atoms with Gasteiger partial charge in [0.2, 0.25) is 0 Å². The zero-order chi connectivity index (χ0) is 7.68. The molecule has 0 aliphatic rings. The SMILES string of the molecule is Cc1ncsc1-c1nnn[nH]1. The highest BCUT2D eigenvalue weighted by Gasteiger charge is 2.06. The highest BCUT2D eigenvalue weighted by atomic mass is 32.1. The van der Waals surface area contributed by atoms with Crippen molar-refractivity contribution >= 4 is 11.3 Å². The van der Waals surface area contributed by atoms with Gasteiger partial charge in [-0.05, 0) is 17.4 Å². The van der Waals surface area contributed by atoms with E-state index in [9.17, 15) is 0 Å². The number of aryl methyl sites for hydroxylation is 1. The topological polar surface area (TPSA) is 67.3 Å². The van der Waals surface area contributed by atoms with Gasteiger partial charge in [0.15, 0.2) is 5.82 Å². The zero-order valence-corrected chi connectivity index (χ0v) is 6.59. The van der Waals surface area contributed by atoms with Gasteiger partial charge in [0, 0.05) is 0 Å². The number of tetrazole rings is 1. The van der Waals surface area contributed by atoms with Crippen molar-refractivity contribution in [2.24, 2.45) is 0 Å². The first-order chi connectivity index (χ1) is 5.38. The molecule has 5 nitrogen and oxygen atoms in total. The van der Waals surface area contributed by atoms with E-state index in [4.69, 9.17) is 0 Å². The zero-order valence-electron chi connectivity index (χ0n) is 5.77. The van der Waals surface area contributed by atoms with Crippen LogP contribution in [0.4, 0.5) is 0 Å². The Morgan fingerprint density at radius 3 is 3.00 bits per heavy atom. The van der Waals surface area contributed by atoms with Crippen molar-refractivity contribution in [2.45, 2.75) is 6.92 Å². The van der Waals surface area contributed by atoms with E-state index in [1.165, 1.54) is 11.3 Å². The highest BCUT2D eigenvalue weighted by molar-refractivity contribution is 7.13. The first kappa shape index (κ1) is 6.41. The molecule has 2 rings (SSSR count). The molecule has 2 aromatic rings. The molecule has 2 aromatic heterocycles. The van der Waals surface area contributed by atoms with Crippen molar-refractivity contribution in [3.63, 3.8) is 0 Å². The molecule has 0 spiro atoms. The van der Waals surface area contributed by atoms with Gasteiger partial charge in [-0.15, -0.1) is 16.4 Å². The van der Waals surface area contributed by atoms with Crippen molar-refractivity contribution in [1.82, 2.24) is 25.6 Å². The van der Waals surface area contributed by atoms with Gasteiger partial charge < -0.3 is 0 Å². The minimum atomic E-state index is 0.685. The molecule has 0 amide bonds. The van der Waals surface area contributed by atoms with Gasteiger partial charge in [-0.3, -0.25) is 0 Å². The Balaban J connectivity index is 2.53. The van der Waals surface area contributed by atoms with Crippen LogP contribution >= 0.6 is 11.3 Å². The molecule has 6 heteroatoms. The van der Waals surface area contributed by atoms with Crippen LogP contribution in [0.3, 0.4) is 0 Å². The molecular weight excluding hydrogens is 162 g/mol. The second-order valence-electron chi connectivity index (χ2n) is 2.02. The molecule has 0 aliphatic heterocycles. The van der Waals surface area contributed by atoms with Crippen LogP contribution in [-0.2, 0) is 0 Å². The summed E-state index contributed by atoms with van der Waals surface area (Å²) in [5.41, 5.74) is 2.72. The lowest BCUT2D eigenvalue weighted by atomic mass is 10.4. The summed E-state index contributed by atoms with van der Waals surface area (Å²) in [6.07, 6.45) is 0. The summed E-state index contributed by atoms with van der Waals surface area (Å²) in [7, 11) is 0. The van der Waals surface area contributed by atoms with Crippen molar-refractivity contribution < 1.29 is 0 Å². The maximum absolute atomic E-state index is 4.08. The van der Waals surface area contributed by atoms with E-state index >= 15 is 0 Å². The molecule has 0 fully saturated rings. The number of H-pyrrole nitrogens is 1. The largest absolute Gasteiger partial charge is 0.249 e. The molecular formula is C5H5N5S. The van der Waals surface area contributed by atoms with Crippen molar-refractivity contribution in [2.75, 3.05) is 0 Å². The highest BCUT2D eigenvalue weighted by Crippen LogP contribution is 2.21. The number of thiazole rings is 1.